The van der Waals surface area contributed by atoms with Crippen molar-refractivity contribution in [1.29, 1.82) is 0 Å². The molecule has 0 fully saturated rings. The molecule has 1 aliphatic heterocycles. The van der Waals surface area contributed by atoms with Gasteiger partial charge in [0.05, 0.1) is 12.7 Å². The van der Waals surface area contributed by atoms with Crippen LogP contribution in [0.25, 0.3) is 0 Å². The van der Waals surface area contributed by atoms with Crippen molar-refractivity contribution in [3.63, 3.8) is 0 Å². The van der Waals surface area contributed by atoms with Gasteiger partial charge >= 0.3 is 0 Å². The summed E-state index contributed by atoms with van der Waals surface area (Å²) in [4.78, 5) is 0. The van der Waals surface area contributed by atoms with Crippen LogP contribution in [-0.2, 0) is 11.2 Å². The Morgan fingerprint density at radius 3 is 2.69 bits per heavy atom. The average Bonchev–Trinajstić information content (AvgIpc) is 2.62. The summed E-state index contributed by atoms with van der Waals surface area (Å²) in [5, 5.41) is 0. The molecule has 1 heteroatoms. The third-order valence-corrected chi connectivity index (χ3v) is 2.31. The van der Waals surface area contributed by atoms with Crippen molar-refractivity contribution in [1.82, 2.24) is 0 Å². The fraction of sp³-hybridized carbons (Fsp3) is 0.333. The molecule has 0 saturated carbocycles. The molecule has 1 nitrogen and oxygen atoms in total. The van der Waals surface area contributed by atoms with Gasteiger partial charge in [-0.3, -0.25) is 0 Å². The predicted molar refractivity (Wildman–Crippen MR) is 53.8 cm³/mol. The maximum absolute atomic E-state index is 5.48. The fourth-order valence-corrected chi connectivity index (χ4v) is 1.53. The molecule has 0 saturated heterocycles. The number of benzene rings is 1. The Morgan fingerprint density at radius 1 is 1.31 bits per heavy atom. The molecule has 1 aliphatic rings. The van der Waals surface area contributed by atoms with E-state index in [9.17, 15) is 0 Å². The Morgan fingerprint density at radius 2 is 2.08 bits per heavy atom. The lowest BCUT2D eigenvalue weighted by atomic mass is 10.1. The third-order valence-electron chi connectivity index (χ3n) is 2.31. The van der Waals surface area contributed by atoms with Crippen molar-refractivity contribution in [2.45, 2.75) is 19.4 Å². The van der Waals surface area contributed by atoms with Crippen molar-refractivity contribution < 1.29 is 4.74 Å². The molecule has 0 radical (unpaired) electrons. The molecule has 1 aromatic rings. The zero-order valence-corrected chi connectivity index (χ0v) is 7.86. The maximum Gasteiger partial charge on any atom is 0.0801 e. The molecular weight excluding hydrogens is 160 g/mol. The summed E-state index contributed by atoms with van der Waals surface area (Å²) in [6.07, 6.45) is 5.51. The Labute approximate surface area is 79.0 Å². The van der Waals surface area contributed by atoms with Gasteiger partial charge in [-0.25, -0.2) is 0 Å². The summed E-state index contributed by atoms with van der Waals surface area (Å²) in [7, 11) is 0. The molecule has 1 atom stereocenters. The van der Waals surface area contributed by atoms with Gasteiger partial charge < -0.3 is 4.74 Å². The summed E-state index contributed by atoms with van der Waals surface area (Å²) in [5.41, 5.74) is 2.66. The van der Waals surface area contributed by atoms with Gasteiger partial charge in [0.25, 0.3) is 0 Å². The van der Waals surface area contributed by atoms with Crippen molar-refractivity contribution in [3.8, 4) is 0 Å². The number of hydrogen-bond acceptors (Lipinski definition) is 1. The van der Waals surface area contributed by atoms with E-state index in [0.29, 0.717) is 6.10 Å². The largest absolute Gasteiger partial charge is 0.370 e. The minimum atomic E-state index is 0.294. The first-order valence-electron chi connectivity index (χ1n) is 4.68. The van der Waals surface area contributed by atoms with Crippen LogP contribution in [0.3, 0.4) is 0 Å². The van der Waals surface area contributed by atoms with Gasteiger partial charge in [0.1, 0.15) is 0 Å². The average molecular weight is 174 g/mol. The van der Waals surface area contributed by atoms with Crippen LogP contribution in [0.4, 0.5) is 0 Å². The van der Waals surface area contributed by atoms with E-state index in [2.05, 4.69) is 43.3 Å². The zero-order valence-electron chi connectivity index (χ0n) is 7.86. The highest BCUT2D eigenvalue weighted by atomic mass is 16.5. The molecule has 0 aromatic heterocycles. The van der Waals surface area contributed by atoms with E-state index in [1.165, 1.54) is 11.1 Å². The number of ether oxygens (including phenoxy) is 1. The fourth-order valence-electron chi connectivity index (χ4n) is 1.53. The highest BCUT2D eigenvalue weighted by Gasteiger charge is 2.09. The Hall–Kier alpha value is -1.08. The van der Waals surface area contributed by atoms with Crippen LogP contribution in [0, 0.1) is 6.92 Å². The summed E-state index contributed by atoms with van der Waals surface area (Å²) in [6, 6.07) is 8.64. The molecule has 0 N–H and O–H groups in total. The number of rotatable bonds is 2. The van der Waals surface area contributed by atoms with Crippen molar-refractivity contribution >= 4 is 0 Å². The van der Waals surface area contributed by atoms with E-state index >= 15 is 0 Å². The molecule has 1 heterocycles. The first-order chi connectivity index (χ1) is 6.34. The lowest BCUT2D eigenvalue weighted by Crippen LogP contribution is -2.08. The Bertz CT molecular complexity index is 297. The van der Waals surface area contributed by atoms with Gasteiger partial charge in [0, 0.05) is 6.42 Å². The van der Waals surface area contributed by atoms with E-state index in [-0.39, 0.29) is 0 Å². The van der Waals surface area contributed by atoms with Crippen molar-refractivity contribution in [3.05, 3.63) is 47.5 Å². The molecule has 0 unspecified atom stereocenters. The van der Waals surface area contributed by atoms with Crippen LogP contribution < -0.4 is 0 Å². The van der Waals surface area contributed by atoms with Crippen LogP contribution >= 0.6 is 0 Å². The minimum absolute atomic E-state index is 0.294. The summed E-state index contributed by atoms with van der Waals surface area (Å²) in [6.45, 7) is 2.88. The first-order valence-corrected chi connectivity index (χ1v) is 4.68. The smallest absolute Gasteiger partial charge is 0.0801 e. The van der Waals surface area contributed by atoms with Gasteiger partial charge in [0.15, 0.2) is 0 Å². The van der Waals surface area contributed by atoms with Crippen molar-refractivity contribution in [2.75, 3.05) is 6.61 Å². The minimum Gasteiger partial charge on any atom is -0.370 e. The zero-order chi connectivity index (χ0) is 9.10. The molecule has 13 heavy (non-hydrogen) atoms. The van der Waals surface area contributed by atoms with E-state index in [4.69, 9.17) is 4.74 Å². The second-order valence-corrected chi connectivity index (χ2v) is 3.49. The highest BCUT2D eigenvalue weighted by Crippen LogP contribution is 2.11. The summed E-state index contributed by atoms with van der Waals surface area (Å²) in [5.74, 6) is 0. The normalized spacial score (nSPS) is 20.8. The molecule has 0 bridgehead atoms. The number of hydrogen-bond donors (Lipinski definition) is 0. The van der Waals surface area contributed by atoms with E-state index in [1.807, 2.05) is 0 Å². The molecule has 1 aromatic carbocycles. The Balaban J connectivity index is 2.01. The summed E-state index contributed by atoms with van der Waals surface area (Å²) < 4.78 is 5.48. The number of aryl methyl sites for hydroxylation is 1. The van der Waals surface area contributed by atoms with Gasteiger partial charge in [-0.2, -0.15) is 0 Å². The molecule has 68 valence electrons. The van der Waals surface area contributed by atoms with Crippen LogP contribution in [0.5, 0.6) is 0 Å². The predicted octanol–water partition coefficient (Wildman–Crippen LogP) is 2.49. The van der Waals surface area contributed by atoms with E-state index in [0.717, 1.165) is 13.0 Å². The molecule has 0 aliphatic carbocycles. The van der Waals surface area contributed by atoms with Gasteiger partial charge in [0.2, 0.25) is 0 Å². The van der Waals surface area contributed by atoms with E-state index in [1.54, 1.807) is 0 Å². The summed E-state index contributed by atoms with van der Waals surface area (Å²) >= 11 is 0. The molecular formula is C12H14O. The van der Waals surface area contributed by atoms with E-state index < -0.39 is 0 Å². The standard InChI is InChI=1S/C12H14O/c1-10-4-6-11(7-5-10)9-12-3-2-8-13-12/h2-7,12H,8-9H2,1H3/t12-/m1/s1. The lowest BCUT2D eigenvalue weighted by molar-refractivity contribution is 0.128. The van der Waals surface area contributed by atoms with Gasteiger partial charge in [-0.15, -0.1) is 0 Å². The van der Waals surface area contributed by atoms with Crippen molar-refractivity contribution in [2.24, 2.45) is 0 Å². The van der Waals surface area contributed by atoms with Crippen LogP contribution in [0.2, 0.25) is 0 Å². The SMILES string of the molecule is Cc1ccc(C[C@H]2C=CCO2)cc1. The lowest BCUT2D eigenvalue weighted by Gasteiger charge is -2.07. The topological polar surface area (TPSA) is 9.23 Å². The third kappa shape index (κ3) is 2.19. The van der Waals surface area contributed by atoms with Crippen LogP contribution in [0.15, 0.2) is 36.4 Å². The molecule has 2 rings (SSSR count). The van der Waals surface area contributed by atoms with Crippen LogP contribution in [-0.4, -0.2) is 12.7 Å². The van der Waals surface area contributed by atoms with Gasteiger partial charge in [-0.05, 0) is 12.5 Å². The quantitative estimate of drug-likeness (QED) is 0.626. The maximum atomic E-state index is 5.48. The molecule has 0 amide bonds. The monoisotopic (exact) mass is 174 g/mol. The van der Waals surface area contributed by atoms with Gasteiger partial charge in [-0.1, -0.05) is 42.0 Å². The second kappa shape index (κ2) is 3.75. The second-order valence-electron chi connectivity index (χ2n) is 3.49. The van der Waals surface area contributed by atoms with Crippen LogP contribution in [0.1, 0.15) is 11.1 Å². The Kier molecular flexibility index (Phi) is 2.46. The first kappa shape index (κ1) is 8.52. The highest BCUT2D eigenvalue weighted by molar-refractivity contribution is 5.22. The molecule has 0 spiro atoms.